The number of hydrogen-bond acceptors (Lipinski definition) is 5. The molecule has 0 aliphatic heterocycles. The second-order valence-electron chi connectivity index (χ2n) is 3.75. The van der Waals surface area contributed by atoms with Crippen LogP contribution in [0.5, 0.6) is 0 Å². The Balaban J connectivity index is 2.78. The lowest BCUT2D eigenvalue weighted by molar-refractivity contribution is -0.384. The number of non-ortho nitro benzene ring substituents is 1. The zero-order valence-corrected chi connectivity index (χ0v) is 10.6. The Morgan fingerprint density at radius 1 is 1.47 bits per heavy atom. The fourth-order valence-corrected chi connectivity index (χ4v) is 2.33. The van der Waals surface area contributed by atoms with Gasteiger partial charge in [0.25, 0.3) is 5.69 Å². The van der Waals surface area contributed by atoms with Gasteiger partial charge in [-0.05, 0) is 20.2 Å². The molecule has 0 atom stereocenters. The van der Waals surface area contributed by atoms with E-state index in [1.165, 1.54) is 23.9 Å². The molecule has 0 aliphatic carbocycles. The maximum atomic E-state index is 10.9. The molecular weight excluding hydrogens is 240 g/mol. The highest BCUT2D eigenvalue weighted by Crippen LogP contribution is 2.25. The van der Waals surface area contributed by atoms with E-state index < -0.39 is 4.92 Å². The first-order valence-electron chi connectivity index (χ1n) is 5.05. The van der Waals surface area contributed by atoms with Crippen molar-refractivity contribution in [3.05, 3.63) is 33.9 Å². The summed E-state index contributed by atoms with van der Waals surface area (Å²) in [5, 5.41) is 10.6. The first kappa shape index (κ1) is 13.7. The van der Waals surface area contributed by atoms with Crippen molar-refractivity contribution in [3.8, 4) is 0 Å². The lowest BCUT2D eigenvalue weighted by Gasteiger charge is -2.09. The van der Waals surface area contributed by atoms with Crippen LogP contribution < -0.4 is 0 Å². The van der Waals surface area contributed by atoms with Gasteiger partial charge in [0, 0.05) is 34.9 Å². The van der Waals surface area contributed by atoms with Crippen LogP contribution in [0, 0.1) is 10.1 Å². The Morgan fingerprint density at radius 2 is 2.18 bits per heavy atom. The van der Waals surface area contributed by atoms with E-state index in [4.69, 9.17) is 0 Å². The Kier molecular flexibility index (Phi) is 5.11. The fourth-order valence-electron chi connectivity index (χ4n) is 1.21. The van der Waals surface area contributed by atoms with Gasteiger partial charge in [-0.2, -0.15) is 0 Å². The summed E-state index contributed by atoms with van der Waals surface area (Å²) in [7, 11) is 3.94. The van der Waals surface area contributed by atoms with Gasteiger partial charge in [-0.25, -0.2) is 0 Å². The summed E-state index contributed by atoms with van der Waals surface area (Å²) in [6.07, 6.45) is 0.658. The molecule has 0 radical (unpaired) electrons. The fraction of sp³-hybridized carbons (Fsp3) is 0.364. The summed E-state index contributed by atoms with van der Waals surface area (Å²) < 4.78 is 0. The predicted octanol–water partition coefficient (Wildman–Crippen LogP) is 2.06. The molecule has 6 heteroatoms. The summed E-state index contributed by atoms with van der Waals surface area (Å²) in [6, 6.07) is 4.36. The van der Waals surface area contributed by atoms with E-state index in [0.717, 1.165) is 17.2 Å². The molecule has 0 spiro atoms. The highest BCUT2D eigenvalue weighted by atomic mass is 32.2. The second-order valence-corrected chi connectivity index (χ2v) is 4.89. The zero-order valence-electron chi connectivity index (χ0n) is 9.75. The number of benzene rings is 1. The molecule has 1 aromatic rings. The maximum Gasteiger partial charge on any atom is 0.270 e. The van der Waals surface area contributed by atoms with E-state index in [-0.39, 0.29) is 5.69 Å². The molecule has 0 aromatic heterocycles. The number of thioether (sulfide) groups is 1. The molecule has 17 heavy (non-hydrogen) atoms. The number of carbonyl (C=O) groups excluding carboxylic acids is 1. The van der Waals surface area contributed by atoms with Crippen LogP contribution in [-0.4, -0.2) is 42.5 Å². The van der Waals surface area contributed by atoms with Gasteiger partial charge in [0.2, 0.25) is 0 Å². The molecule has 1 aromatic carbocycles. The van der Waals surface area contributed by atoms with Gasteiger partial charge in [-0.3, -0.25) is 14.9 Å². The number of nitro benzene ring substituents is 1. The molecule has 1 rings (SSSR count). The third-order valence-electron chi connectivity index (χ3n) is 2.13. The topological polar surface area (TPSA) is 63.4 Å². The van der Waals surface area contributed by atoms with Crippen molar-refractivity contribution in [3.63, 3.8) is 0 Å². The Hall–Kier alpha value is -1.40. The van der Waals surface area contributed by atoms with Crippen molar-refractivity contribution in [1.82, 2.24) is 4.90 Å². The van der Waals surface area contributed by atoms with Crippen LogP contribution in [-0.2, 0) is 0 Å². The number of aldehydes is 1. The molecule has 0 saturated carbocycles. The summed E-state index contributed by atoms with van der Waals surface area (Å²) >= 11 is 1.52. The van der Waals surface area contributed by atoms with Gasteiger partial charge < -0.3 is 4.90 Å². The normalized spacial score (nSPS) is 10.5. The second kappa shape index (κ2) is 6.36. The Morgan fingerprint density at radius 3 is 2.71 bits per heavy atom. The summed E-state index contributed by atoms with van der Waals surface area (Å²) in [6.45, 7) is 0.889. The minimum Gasteiger partial charge on any atom is -0.309 e. The minimum atomic E-state index is -0.499. The molecule has 5 nitrogen and oxygen atoms in total. The van der Waals surface area contributed by atoms with Crippen LogP contribution in [0.4, 0.5) is 5.69 Å². The van der Waals surface area contributed by atoms with Crippen molar-refractivity contribution in [2.75, 3.05) is 26.4 Å². The van der Waals surface area contributed by atoms with E-state index in [1.54, 1.807) is 6.07 Å². The lowest BCUT2D eigenvalue weighted by Crippen LogP contribution is -2.14. The van der Waals surface area contributed by atoms with Crippen molar-refractivity contribution < 1.29 is 9.72 Å². The van der Waals surface area contributed by atoms with Crippen LogP contribution in [0.2, 0.25) is 0 Å². The molecular formula is C11H14N2O3S. The van der Waals surface area contributed by atoms with E-state index >= 15 is 0 Å². The van der Waals surface area contributed by atoms with Crippen LogP contribution in [0.25, 0.3) is 0 Å². The van der Waals surface area contributed by atoms with E-state index in [0.29, 0.717) is 11.8 Å². The number of carbonyl (C=O) groups is 1. The predicted molar refractivity (Wildman–Crippen MR) is 67.8 cm³/mol. The van der Waals surface area contributed by atoms with Crippen molar-refractivity contribution in [2.24, 2.45) is 0 Å². The molecule has 0 amide bonds. The molecule has 0 heterocycles. The number of nitrogens with zero attached hydrogens (tertiary/aromatic N) is 2. The van der Waals surface area contributed by atoms with Gasteiger partial charge in [-0.15, -0.1) is 11.8 Å². The summed E-state index contributed by atoms with van der Waals surface area (Å²) in [4.78, 5) is 23.7. The highest BCUT2D eigenvalue weighted by Gasteiger charge is 2.10. The van der Waals surface area contributed by atoms with Crippen LogP contribution in [0.3, 0.4) is 0 Å². The van der Waals surface area contributed by atoms with E-state index in [1.807, 2.05) is 19.0 Å². The third-order valence-corrected chi connectivity index (χ3v) is 3.20. The van der Waals surface area contributed by atoms with Crippen molar-refractivity contribution in [2.45, 2.75) is 4.90 Å². The highest BCUT2D eigenvalue weighted by molar-refractivity contribution is 7.99. The largest absolute Gasteiger partial charge is 0.309 e. The first-order valence-corrected chi connectivity index (χ1v) is 6.04. The van der Waals surface area contributed by atoms with Gasteiger partial charge in [0.05, 0.1) is 4.92 Å². The quantitative estimate of drug-likeness (QED) is 0.336. The standard InChI is InChI=1S/C11H14N2O3S/c1-12(2)5-6-17-11-4-3-10(13(15)16)7-9(11)8-14/h3-4,7-8H,5-6H2,1-2H3. The number of nitro groups is 1. The van der Waals surface area contributed by atoms with Gasteiger partial charge in [-0.1, -0.05) is 0 Å². The van der Waals surface area contributed by atoms with Crippen LogP contribution in [0.1, 0.15) is 10.4 Å². The number of rotatable bonds is 6. The average Bonchev–Trinajstić information content (AvgIpc) is 2.28. The minimum absolute atomic E-state index is 0.0518. The molecule has 0 N–H and O–H groups in total. The van der Waals surface area contributed by atoms with E-state index in [2.05, 4.69) is 0 Å². The molecule has 0 bridgehead atoms. The number of hydrogen-bond donors (Lipinski definition) is 0. The van der Waals surface area contributed by atoms with Crippen molar-refractivity contribution in [1.29, 1.82) is 0 Å². The van der Waals surface area contributed by atoms with E-state index in [9.17, 15) is 14.9 Å². The van der Waals surface area contributed by atoms with Gasteiger partial charge in [0.1, 0.15) is 0 Å². The van der Waals surface area contributed by atoms with Crippen LogP contribution >= 0.6 is 11.8 Å². The average molecular weight is 254 g/mol. The zero-order chi connectivity index (χ0) is 12.8. The maximum absolute atomic E-state index is 10.9. The summed E-state index contributed by atoms with van der Waals surface area (Å²) in [5.74, 6) is 0.839. The molecule has 0 fully saturated rings. The van der Waals surface area contributed by atoms with Gasteiger partial charge >= 0.3 is 0 Å². The smallest absolute Gasteiger partial charge is 0.270 e. The lowest BCUT2D eigenvalue weighted by atomic mass is 10.2. The summed E-state index contributed by atoms with van der Waals surface area (Å²) in [5.41, 5.74) is 0.326. The Labute approximate surface area is 104 Å². The molecule has 0 saturated heterocycles. The van der Waals surface area contributed by atoms with Gasteiger partial charge in [0.15, 0.2) is 6.29 Å². The monoisotopic (exact) mass is 254 g/mol. The Bertz CT molecular complexity index is 421. The molecule has 92 valence electrons. The SMILES string of the molecule is CN(C)CCSc1ccc([N+](=O)[O-])cc1C=O. The van der Waals surface area contributed by atoms with Crippen LogP contribution in [0.15, 0.2) is 23.1 Å². The molecule has 0 unspecified atom stereocenters. The third kappa shape index (κ3) is 4.16. The van der Waals surface area contributed by atoms with Crippen molar-refractivity contribution >= 4 is 23.7 Å². The molecule has 0 aliphatic rings. The first-order chi connectivity index (χ1) is 8.04.